The first-order valence-electron chi connectivity index (χ1n) is 8.07. The Balaban J connectivity index is 1.59. The first-order chi connectivity index (χ1) is 10.5. The average Bonchev–Trinajstić information content (AvgIpc) is 2.46. The van der Waals surface area contributed by atoms with E-state index in [-0.39, 0.29) is 17.9 Å². The highest BCUT2D eigenvalue weighted by atomic mass is 16.6. The number of carbonyl (C=O) groups excluding carboxylic acids is 1. The lowest BCUT2D eigenvalue weighted by molar-refractivity contribution is -0.178. The Kier molecular flexibility index (Phi) is 4.12. The van der Waals surface area contributed by atoms with Crippen molar-refractivity contribution in [2.75, 3.05) is 13.1 Å². The first-order valence-corrected chi connectivity index (χ1v) is 8.07. The van der Waals surface area contributed by atoms with E-state index in [9.17, 15) is 14.7 Å². The van der Waals surface area contributed by atoms with E-state index in [2.05, 4.69) is 5.32 Å². The van der Waals surface area contributed by atoms with E-state index in [0.717, 1.165) is 19.3 Å². The Bertz CT molecular complexity index is 475. The Morgan fingerprint density at radius 3 is 2.50 bits per heavy atom. The molecule has 4 N–H and O–H groups in total. The van der Waals surface area contributed by atoms with Crippen LogP contribution in [0.25, 0.3) is 0 Å². The number of carboxylic acids is 1. The maximum atomic E-state index is 11.9. The van der Waals surface area contributed by atoms with Gasteiger partial charge in [0.15, 0.2) is 0 Å². The number of carbonyl (C=O) groups is 2. The lowest BCUT2D eigenvalue weighted by Gasteiger charge is -2.57. The molecule has 4 aliphatic carbocycles. The molecule has 4 fully saturated rings. The summed E-state index contributed by atoms with van der Waals surface area (Å²) in [5.74, 6) is 0.228. The number of hydrogen-bond donors (Lipinski definition) is 3. The molecule has 6 heteroatoms. The van der Waals surface area contributed by atoms with Crippen molar-refractivity contribution in [3.05, 3.63) is 12.2 Å². The molecule has 4 rings (SSSR count). The molecule has 1 unspecified atom stereocenters. The van der Waals surface area contributed by atoms with Crippen molar-refractivity contribution in [2.24, 2.45) is 28.9 Å². The van der Waals surface area contributed by atoms with E-state index in [1.807, 2.05) is 0 Å². The number of ether oxygens (including phenoxy) is 1. The van der Waals surface area contributed by atoms with E-state index < -0.39 is 17.5 Å². The van der Waals surface area contributed by atoms with Crippen molar-refractivity contribution < 1.29 is 19.4 Å². The van der Waals surface area contributed by atoms with Crippen LogP contribution in [0.5, 0.6) is 0 Å². The minimum atomic E-state index is -0.665. The van der Waals surface area contributed by atoms with Gasteiger partial charge in [-0.15, -0.1) is 0 Å². The van der Waals surface area contributed by atoms with Crippen molar-refractivity contribution in [3.63, 3.8) is 0 Å². The highest BCUT2D eigenvalue weighted by Crippen LogP contribution is 2.60. The van der Waals surface area contributed by atoms with E-state index in [1.165, 1.54) is 0 Å². The third-order valence-corrected chi connectivity index (χ3v) is 5.55. The smallest absolute Gasteiger partial charge is 0.407 e. The molecule has 0 spiro atoms. The summed E-state index contributed by atoms with van der Waals surface area (Å²) in [6.45, 7) is 0.849. The van der Waals surface area contributed by atoms with Crippen molar-refractivity contribution in [2.45, 2.75) is 38.2 Å². The average molecular weight is 308 g/mol. The first kappa shape index (κ1) is 15.3. The van der Waals surface area contributed by atoms with Gasteiger partial charge >= 0.3 is 12.1 Å². The van der Waals surface area contributed by atoms with Gasteiger partial charge in [-0.05, 0) is 49.9 Å². The third-order valence-electron chi connectivity index (χ3n) is 5.55. The Morgan fingerprint density at radius 2 is 1.91 bits per heavy atom. The molecule has 4 saturated carbocycles. The predicted octanol–water partition coefficient (Wildman–Crippen LogP) is 1.51. The lowest BCUT2D eigenvalue weighted by atomic mass is 9.48. The molecule has 5 atom stereocenters. The maximum Gasteiger partial charge on any atom is 0.407 e. The fourth-order valence-corrected chi connectivity index (χ4v) is 4.92. The van der Waals surface area contributed by atoms with Gasteiger partial charge in [-0.1, -0.05) is 12.2 Å². The van der Waals surface area contributed by atoms with Gasteiger partial charge in [0.1, 0.15) is 6.10 Å². The number of amides is 1. The molecule has 1 amide bonds. The Hall–Kier alpha value is -1.56. The quantitative estimate of drug-likeness (QED) is 0.668. The molecule has 6 nitrogen and oxygen atoms in total. The fourth-order valence-electron chi connectivity index (χ4n) is 4.92. The van der Waals surface area contributed by atoms with Crippen LogP contribution in [0.2, 0.25) is 0 Å². The van der Waals surface area contributed by atoms with Crippen LogP contribution in [-0.2, 0) is 9.53 Å². The number of carboxylic acid groups (broad SMARTS) is 1. The summed E-state index contributed by atoms with van der Waals surface area (Å²) < 4.78 is 5.62. The van der Waals surface area contributed by atoms with Gasteiger partial charge < -0.3 is 20.9 Å². The molecule has 0 aromatic rings. The predicted molar refractivity (Wildman–Crippen MR) is 80.1 cm³/mol. The van der Waals surface area contributed by atoms with Gasteiger partial charge in [0.25, 0.3) is 0 Å². The number of nitrogens with one attached hydrogen (secondary N) is 1. The fraction of sp³-hybridized carbons (Fsp3) is 0.750. The Morgan fingerprint density at radius 1 is 1.23 bits per heavy atom. The zero-order chi connectivity index (χ0) is 15.7. The zero-order valence-corrected chi connectivity index (χ0v) is 12.7. The molecule has 4 aliphatic rings. The largest absolute Gasteiger partial charge is 0.481 e. The summed E-state index contributed by atoms with van der Waals surface area (Å²) in [6.07, 6.45) is 7.13. The second-order valence-electron chi connectivity index (χ2n) is 7.01. The second kappa shape index (κ2) is 5.91. The molecule has 0 aromatic carbocycles. The molecular formula is C16H24N2O4. The summed E-state index contributed by atoms with van der Waals surface area (Å²) in [5.41, 5.74) is 4.77. The molecule has 4 bridgehead atoms. The summed E-state index contributed by atoms with van der Waals surface area (Å²) in [6, 6.07) is 0. The van der Waals surface area contributed by atoms with Crippen LogP contribution in [0.1, 0.15) is 32.1 Å². The SMILES string of the molecule is NC/C=C/CNC(=O)O[C@@H]1[C@@H]2C[C@H]3C[C@H]1CC(C(=O)O)(C3)C2. The Labute approximate surface area is 130 Å². The number of hydrogen-bond acceptors (Lipinski definition) is 4. The molecule has 0 radical (unpaired) electrons. The second-order valence-corrected chi connectivity index (χ2v) is 7.01. The van der Waals surface area contributed by atoms with Crippen LogP contribution in [0, 0.1) is 23.2 Å². The van der Waals surface area contributed by atoms with Crippen LogP contribution >= 0.6 is 0 Å². The van der Waals surface area contributed by atoms with Gasteiger partial charge in [0.2, 0.25) is 0 Å². The molecule has 0 saturated heterocycles. The number of aliphatic carboxylic acids is 1. The summed E-state index contributed by atoms with van der Waals surface area (Å²) in [5, 5.41) is 12.3. The van der Waals surface area contributed by atoms with E-state index in [0.29, 0.717) is 31.8 Å². The van der Waals surface area contributed by atoms with E-state index in [1.54, 1.807) is 12.2 Å². The molecule has 122 valence electrons. The monoisotopic (exact) mass is 308 g/mol. The maximum absolute atomic E-state index is 11.9. The van der Waals surface area contributed by atoms with Gasteiger partial charge in [-0.3, -0.25) is 4.79 Å². The highest BCUT2D eigenvalue weighted by molar-refractivity contribution is 5.75. The third kappa shape index (κ3) is 2.72. The minimum absolute atomic E-state index is 0.123. The molecule has 22 heavy (non-hydrogen) atoms. The van der Waals surface area contributed by atoms with Gasteiger partial charge in [0.05, 0.1) is 5.41 Å². The number of nitrogens with two attached hydrogens (primary N) is 1. The zero-order valence-electron chi connectivity index (χ0n) is 12.7. The van der Waals surface area contributed by atoms with Crippen LogP contribution in [0.15, 0.2) is 12.2 Å². The van der Waals surface area contributed by atoms with Gasteiger partial charge in [-0.2, -0.15) is 0 Å². The standard InChI is InChI=1S/C16H24N2O4/c17-3-1-2-4-18-15(21)22-13-11-5-10-6-12(13)9-16(7-10,8-11)14(19)20/h1-2,10-13H,3-9,17H2,(H,18,21)(H,19,20)/b2-1+/t10-,11+,12-,13+,16?. The van der Waals surface area contributed by atoms with E-state index in [4.69, 9.17) is 10.5 Å². The summed E-state index contributed by atoms with van der Waals surface area (Å²) in [7, 11) is 0. The highest BCUT2D eigenvalue weighted by Gasteiger charge is 2.59. The molecule has 0 heterocycles. The summed E-state index contributed by atoms with van der Waals surface area (Å²) in [4.78, 5) is 23.5. The van der Waals surface area contributed by atoms with Crippen LogP contribution < -0.4 is 11.1 Å². The molecular weight excluding hydrogens is 284 g/mol. The van der Waals surface area contributed by atoms with Crippen molar-refractivity contribution in [1.29, 1.82) is 0 Å². The minimum Gasteiger partial charge on any atom is -0.481 e. The molecule has 0 aliphatic heterocycles. The van der Waals surface area contributed by atoms with Crippen molar-refractivity contribution in [3.8, 4) is 0 Å². The number of rotatable bonds is 5. The van der Waals surface area contributed by atoms with Crippen molar-refractivity contribution in [1.82, 2.24) is 5.32 Å². The topological polar surface area (TPSA) is 102 Å². The van der Waals surface area contributed by atoms with Gasteiger partial charge in [0, 0.05) is 13.1 Å². The van der Waals surface area contributed by atoms with Crippen molar-refractivity contribution >= 4 is 12.1 Å². The number of alkyl carbamates (subject to hydrolysis) is 1. The van der Waals surface area contributed by atoms with Crippen LogP contribution in [0.3, 0.4) is 0 Å². The lowest BCUT2D eigenvalue weighted by Crippen LogP contribution is -2.57. The molecule has 0 aromatic heterocycles. The van der Waals surface area contributed by atoms with Gasteiger partial charge in [-0.25, -0.2) is 4.79 Å². The van der Waals surface area contributed by atoms with E-state index >= 15 is 0 Å². The van der Waals surface area contributed by atoms with Crippen LogP contribution in [-0.4, -0.2) is 36.4 Å². The van der Waals surface area contributed by atoms with Crippen LogP contribution in [0.4, 0.5) is 4.79 Å². The summed E-state index contributed by atoms with van der Waals surface area (Å²) >= 11 is 0. The normalized spacial score (nSPS) is 39.1.